The number of aromatic nitrogens is 2. The second kappa shape index (κ2) is 5.39. The Morgan fingerprint density at radius 1 is 1.73 bits per heavy atom. The summed E-state index contributed by atoms with van der Waals surface area (Å²) in [6, 6.07) is 0.0885. The van der Waals surface area contributed by atoms with Crippen molar-refractivity contribution in [1.29, 1.82) is 0 Å². The van der Waals surface area contributed by atoms with Crippen LogP contribution in [-0.4, -0.2) is 27.2 Å². The smallest absolute Gasteiger partial charge is 0.272 e. The largest absolute Gasteiger partial charge is 0.349 e. The third-order valence-electron chi connectivity index (χ3n) is 2.32. The lowest BCUT2D eigenvalue weighted by molar-refractivity contribution is 0.0946. The van der Waals surface area contributed by atoms with E-state index >= 15 is 0 Å². The maximum atomic E-state index is 11.4. The van der Waals surface area contributed by atoms with E-state index in [4.69, 9.17) is 5.73 Å². The fourth-order valence-corrected chi connectivity index (χ4v) is 1.67. The van der Waals surface area contributed by atoms with E-state index in [1.165, 1.54) is 19.0 Å². The molecule has 5 nitrogen and oxygen atoms in total. The molecular weight excluding hydrogens is 236 g/mol. The highest BCUT2D eigenvalue weighted by atomic mass is 35.5. The summed E-state index contributed by atoms with van der Waals surface area (Å²) < 4.78 is 7.59. The predicted molar refractivity (Wildman–Crippen MR) is 60.2 cm³/mol. The number of hydrogen-bond acceptors (Lipinski definition) is 5. The van der Waals surface area contributed by atoms with E-state index < -0.39 is 0 Å². The zero-order valence-corrected chi connectivity index (χ0v) is 9.68. The molecule has 1 aliphatic carbocycles. The molecule has 1 heterocycles. The average molecular weight is 249 g/mol. The summed E-state index contributed by atoms with van der Waals surface area (Å²) in [5, 5.41) is 2.75. The Morgan fingerprint density at radius 3 is 3.00 bits per heavy atom. The Kier molecular flexibility index (Phi) is 4.44. The van der Waals surface area contributed by atoms with Crippen LogP contribution in [0, 0.1) is 5.92 Å². The van der Waals surface area contributed by atoms with Gasteiger partial charge in [-0.3, -0.25) is 4.79 Å². The van der Waals surface area contributed by atoms with Gasteiger partial charge in [0.2, 0.25) is 0 Å². The first-order chi connectivity index (χ1) is 6.77. The van der Waals surface area contributed by atoms with Crippen LogP contribution in [0.4, 0.5) is 0 Å². The monoisotopic (exact) mass is 248 g/mol. The minimum Gasteiger partial charge on any atom is -0.349 e. The molecule has 0 aliphatic heterocycles. The molecule has 3 N–H and O–H groups in total. The Hall–Kier alpha value is -0.720. The van der Waals surface area contributed by atoms with Gasteiger partial charge in [-0.25, -0.2) is 0 Å². The second-order valence-corrected chi connectivity index (χ2v) is 4.06. The van der Waals surface area contributed by atoms with Crippen LogP contribution in [-0.2, 0) is 0 Å². The molecule has 84 valence electrons. The Morgan fingerprint density at radius 2 is 2.47 bits per heavy atom. The van der Waals surface area contributed by atoms with Crippen molar-refractivity contribution in [3.8, 4) is 0 Å². The van der Waals surface area contributed by atoms with Crippen molar-refractivity contribution in [3.63, 3.8) is 0 Å². The number of halogens is 1. The summed E-state index contributed by atoms with van der Waals surface area (Å²) in [6.45, 7) is 0.529. The molecule has 7 heteroatoms. The lowest BCUT2D eigenvalue weighted by Gasteiger charge is -2.09. The Labute approximate surface area is 98.2 Å². The van der Waals surface area contributed by atoms with Gasteiger partial charge in [-0.05, 0) is 18.8 Å². The van der Waals surface area contributed by atoms with Gasteiger partial charge in [0, 0.05) is 12.6 Å². The molecule has 0 saturated heterocycles. The molecule has 0 spiro atoms. The van der Waals surface area contributed by atoms with E-state index in [1.54, 1.807) is 0 Å². The van der Waals surface area contributed by atoms with Crippen molar-refractivity contribution < 1.29 is 4.79 Å². The zero-order valence-electron chi connectivity index (χ0n) is 8.05. The molecule has 1 amide bonds. The van der Waals surface area contributed by atoms with Crippen LogP contribution in [0.15, 0.2) is 6.20 Å². The zero-order chi connectivity index (χ0) is 9.97. The molecular formula is C8H13ClN4OS. The fraction of sp³-hybridized carbons (Fsp3) is 0.625. The first-order valence-electron chi connectivity index (χ1n) is 4.58. The second-order valence-electron chi connectivity index (χ2n) is 3.50. The molecule has 1 aromatic heterocycles. The predicted octanol–water partition coefficient (Wildman–Crippen LogP) is 0.427. The lowest BCUT2D eigenvalue weighted by atomic mass is 10.2. The third kappa shape index (κ3) is 3.40. The molecule has 1 unspecified atom stereocenters. The van der Waals surface area contributed by atoms with Crippen molar-refractivity contribution >= 4 is 30.0 Å². The van der Waals surface area contributed by atoms with E-state index in [1.807, 2.05) is 0 Å². The minimum absolute atomic E-state index is 0. The van der Waals surface area contributed by atoms with E-state index in [2.05, 4.69) is 14.1 Å². The minimum atomic E-state index is -0.185. The van der Waals surface area contributed by atoms with Crippen LogP contribution in [0.25, 0.3) is 0 Å². The number of nitrogens with zero attached hydrogens (tertiary/aromatic N) is 2. The number of nitrogens with two attached hydrogens (primary N) is 1. The summed E-state index contributed by atoms with van der Waals surface area (Å²) in [5.74, 6) is 0.415. The standard InChI is InChI=1S/C8H12N4OS.ClH/c9-6(5-1-2-5)3-10-8(13)7-4-11-14-12-7;/h4-6H,1-3,9H2,(H,10,13);1H. The molecule has 15 heavy (non-hydrogen) atoms. The van der Waals surface area contributed by atoms with Gasteiger partial charge in [-0.2, -0.15) is 8.75 Å². The number of hydrogen-bond donors (Lipinski definition) is 2. The Balaban J connectivity index is 0.00000112. The highest BCUT2D eigenvalue weighted by Gasteiger charge is 2.28. The quantitative estimate of drug-likeness (QED) is 0.810. The molecule has 1 atom stereocenters. The fourth-order valence-electron chi connectivity index (χ4n) is 1.26. The van der Waals surface area contributed by atoms with E-state index in [9.17, 15) is 4.79 Å². The number of carbonyl (C=O) groups is 1. The van der Waals surface area contributed by atoms with Gasteiger partial charge in [0.15, 0.2) is 5.69 Å². The molecule has 0 bridgehead atoms. The highest BCUT2D eigenvalue weighted by Crippen LogP contribution is 2.31. The van der Waals surface area contributed by atoms with Crippen LogP contribution in [0.5, 0.6) is 0 Å². The molecule has 1 aliphatic rings. The first kappa shape index (κ1) is 12.4. The molecule has 1 fully saturated rings. The number of carbonyl (C=O) groups excluding carboxylic acids is 1. The molecule has 0 aromatic carbocycles. The van der Waals surface area contributed by atoms with Gasteiger partial charge in [0.25, 0.3) is 5.91 Å². The molecule has 0 radical (unpaired) electrons. The van der Waals surface area contributed by atoms with Gasteiger partial charge in [-0.1, -0.05) is 0 Å². The SMILES string of the molecule is Cl.NC(CNC(=O)c1cnsn1)C1CC1. The number of nitrogens with one attached hydrogen (secondary N) is 1. The van der Waals surface area contributed by atoms with E-state index in [-0.39, 0.29) is 24.4 Å². The normalized spacial score (nSPS) is 16.6. The van der Waals surface area contributed by atoms with Crippen molar-refractivity contribution in [2.24, 2.45) is 11.7 Å². The lowest BCUT2D eigenvalue weighted by Crippen LogP contribution is -2.38. The van der Waals surface area contributed by atoms with Gasteiger partial charge >= 0.3 is 0 Å². The van der Waals surface area contributed by atoms with Crippen LogP contribution in [0.2, 0.25) is 0 Å². The molecule has 1 saturated carbocycles. The Bertz CT molecular complexity index is 314. The first-order valence-corrected chi connectivity index (χ1v) is 5.32. The van der Waals surface area contributed by atoms with Crippen molar-refractivity contribution in [2.75, 3.05) is 6.54 Å². The maximum Gasteiger partial charge on any atom is 0.272 e. The van der Waals surface area contributed by atoms with Gasteiger partial charge in [0.1, 0.15) is 0 Å². The molecule has 2 rings (SSSR count). The summed E-state index contributed by atoms with van der Waals surface area (Å²) in [6.07, 6.45) is 3.84. The summed E-state index contributed by atoms with van der Waals surface area (Å²) in [7, 11) is 0. The van der Waals surface area contributed by atoms with Gasteiger partial charge < -0.3 is 11.1 Å². The van der Waals surface area contributed by atoms with Crippen molar-refractivity contribution in [1.82, 2.24) is 14.1 Å². The van der Waals surface area contributed by atoms with Crippen LogP contribution in [0.3, 0.4) is 0 Å². The summed E-state index contributed by atoms with van der Waals surface area (Å²) >= 11 is 1.03. The van der Waals surface area contributed by atoms with Crippen LogP contribution in [0.1, 0.15) is 23.3 Å². The van der Waals surface area contributed by atoms with Crippen molar-refractivity contribution in [3.05, 3.63) is 11.9 Å². The average Bonchev–Trinajstić information content (AvgIpc) is 2.90. The van der Waals surface area contributed by atoms with Gasteiger partial charge in [0.05, 0.1) is 17.9 Å². The maximum absolute atomic E-state index is 11.4. The van der Waals surface area contributed by atoms with Crippen LogP contribution >= 0.6 is 24.1 Å². The summed E-state index contributed by atoms with van der Waals surface area (Å²) in [5.41, 5.74) is 6.21. The topological polar surface area (TPSA) is 80.9 Å². The van der Waals surface area contributed by atoms with E-state index in [0.29, 0.717) is 18.2 Å². The van der Waals surface area contributed by atoms with Gasteiger partial charge in [-0.15, -0.1) is 12.4 Å². The van der Waals surface area contributed by atoms with E-state index in [0.717, 1.165) is 11.7 Å². The number of rotatable bonds is 4. The summed E-state index contributed by atoms with van der Waals surface area (Å²) in [4.78, 5) is 11.4. The van der Waals surface area contributed by atoms with Crippen LogP contribution < -0.4 is 11.1 Å². The molecule has 1 aromatic rings. The number of amides is 1. The highest BCUT2D eigenvalue weighted by molar-refractivity contribution is 6.99. The third-order valence-corrected chi connectivity index (χ3v) is 2.80. The van der Waals surface area contributed by atoms with Crippen molar-refractivity contribution in [2.45, 2.75) is 18.9 Å².